The summed E-state index contributed by atoms with van der Waals surface area (Å²) in [4.78, 5) is 11.1. The molecule has 0 unspecified atom stereocenters. The van der Waals surface area contributed by atoms with Crippen LogP contribution in [0.15, 0.2) is 73.1 Å². The van der Waals surface area contributed by atoms with Crippen molar-refractivity contribution in [2.75, 3.05) is 0 Å². The molecule has 1 N–H and O–H groups in total. The Kier molecular flexibility index (Phi) is 5.74. The van der Waals surface area contributed by atoms with Crippen LogP contribution in [0.4, 0.5) is 0 Å². The number of aromatic nitrogens is 1. The second-order valence-corrected chi connectivity index (χ2v) is 8.01. The van der Waals surface area contributed by atoms with Gasteiger partial charge in [-0.05, 0) is 34.2 Å². The van der Waals surface area contributed by atoms with Crippen molar-refractivity contribution < 1.29 is 14.5 Å². The van der Waals surface area contributed by atoms with Crippen LogP contribution in [0.2, 0.25) is 0 Å². The third-order valence-electron chi connectivity index (χ3n) is 4.70. The van der Waals surface area contributed by atoms with Crippen molar-refractivity contribution in [1.82, 2.24) is 0 Å². The van der Waals surface area contributed by atoms with Crippen molar-refractivity contribution in [1.29, 1.82) is 0 Å². The summed E-state index contributed by atoms with van der Waals surface area (Å²) in [5.41, 5.74) is 5.07. The Bertz CT molecular complexity index is 978. The van der Waals surface area contributed by atoms with Crippen LogP contribution < -0.4 is 4.57 Å². The maximum absolute atomic E-state index is 11.1. The van der Waals surface area contributed by atoms with Crippen LogP contribution >= 0.6 is 0 Å². The van der Waals surface area contributed by atoms with Gasteiger partial charge in [-0.25, -0.2) is 9.36 Å². The van der Waals surface area contributed by atoms with Crippen LogP contribution in [-0.2, 0) is 12.0 Å². The highest BCUT2D eigenvalue weighted by Crippen LogP contribution is 2.22. The van der Waals surface area contributed by atoms with Gasteiger partial charge < -0.3 is 5.11 Å². The summed E-state index contributed by atoms with van der Waals surface area (Å²) >= 11 is 0. The molecule has 0 saturated heterocycles. The molecule has 0 atom stereocenters. The van der Waals surface area contributed by atoms with Crippen LogP contribution in [0.1, 0.15) is 53.4 Å². The van der Waals surface area contributed by atoms with Gasteiger partial charge in [-0.1, -0.05) is 69.3 Å². The molecule has 0 aliphatic rings. The number of carbonyl (C=O) groups is 1. The predicted octanol–water partition coefficient (Wildman–Crippen LogP) is 5.19. The van der Waals surface area contributed by atoms with Crippen molar-refractivity contribution >= 4 is 18.1 Å². The van der Waals surface area contributed by atoms with Crippen LogP contribution in [0.5, 0.6) is 0 Å². The second kappa shape index (κ2) is 8.22. The normalized spacial score (nSPS) is 11.7. The molecule has 0 spiro atoms. The standard InChI is InChI=1S/C25H25NO2/c1-25(2,3)23-11-9-19(10-12-23)7-8-20-13-15-26(16-14-20)18-21-5-4-6-22(17-21)24(27)28/h4-17H,18H2,1-3H3/p+1/b8-7-. The molecule has 2 aromatic carbocycles. The molecule has 1 heterocycles. The van der Waals surface area contributed by atoms with Gasteiger partial charge in [-0.15, -0.1) is 0 Å². The molecule has 0 bridgehead atoms. The van der Waals surface area contributed by atoms with Crippen LogP contribution in [0, 0.1) is 0 Å². The minimum absolute atomic E-state index is 0.166. The lowest BCUT2D eigenvalue weighted by molar-refractivity contribution is -0.688. The van der Waals surface area contributed by atoms with Gasteiger partial charge in [-0.2, -0.15) is 0 Å². The van der Waals surface area contributed by atoms with E-state index < -0.39 is 5.97 Å². The smallest absolute Gasteiger partial charge is 0.335 e. The number of carboxylic acids is 1. The number of rotatable bonds is 5. The van der Waals surface area contributed by atoms with Crippen molar-refractivity contribution in [3.63, 3.8) is 0 Å². The molecular formula is C25H26NO2+. The Hall–Kier alpha value is -3.20. The highest BCUT2D eigenvalue weighted by atomic mass is 16.4. The molecule has 0 fully saturated rings. The van der Waals surface area contributed by atoms with E-state index >= 15 is 0 Å². The SMILES string of the molecule is CC(C)(C)c1ccc(/C=C\c2cc[n+](Cc3cccc(C(=O)O)c3)cc2)cc1. The van der Waals surface area contributed by atoms with Crippen LogP contribution in [0.3, 0.4) is 0 Å². The monoisotopic (exact) mass is 372 g/mol. The molecule has 142 valence electrons. The van der Waals surface area contributed by atoms with E-state index in [-0.39, 0.29) is 5.41 Å². The molecule has 3 nitrogen and oxygen atoms in total. The summed E-state index contributed by atoms with van der Waals surface area (Å²) < 4.78 is 2.04. The summed E-state index contributed by atoms with van der Waals surface area (Å²) in [7, 11) is 0. The fourth-order valence-electron chi connectivity index (χ4n) is 2.99. The zero-order valence-electron chi connectivity index (χ0n) is 16.6. The van der Waals surface area contributed by atoms with E-state index in [1.54, 1.807) is 18.2 Å². The van der Waals surface area contributed by atoms with Gasteiger partial charge in [0.15, 0.2) is 18.9 Å². The summed E-state index contributed by atoms with van der Waals surface area (Å²) in [6.45, 7) is 7.29. The zero-order valence-corrected chi connectivity index (χ0v) is 16.6. The molecule has 28 heavy (non-hydrogen) atoms. The number of aromatic carboxylic acids is 1. The maximum Gasteiger partial charge on any atom is 0.335 e. The van der Waals surface area contributed by atoms with Gasteiger partial charge in [0.2, 0.25) is 0 Å². The van der Waals surface area contributed by atoms with Gasteiger partial charge in [-0.3, -0.25) is 0 Å². The van der Waals surface area contributed by atoms with E-state index in [0.717, 1.165) is 11.1 Å². The first kappa shape index (κ1) is 19.6. The number of nitrogens with zero attached hydrogens (tertiary/aromatic N) is 1. The van der Waals surface area contributed by atoms with Gasteiger partial charge in [0.1, 0.15) is 0 Å². The van der Waals surface area contributed by atoms with E-state index in [1.165, 1.54) is 11.1 Å². The zero-order chi connectivity index (χ0) is 20.1. The van der Waals surface area contributed by atoms with E-state index in [9.17, 15) is 4.79 Å². The first-order valence-corrected chi connectivity index (χ1v) is 9.41. The van der Waals surface area contributed by atoms with E-state index in [1.807, 2.05) is 23.0 Å². The third kappa shape index (κ3) is 5.17. The lowest BCUT2D eigenvalue weighted by atomic mass is 9.87. The number of benzene rings is 2. The average Bonchev–Trinajstić information content (AvgIpc) is 2.67. The fourth-order valence-corrected chi connectivity index (χ4v) is 2.99. The maximum atomic E-state index is 11.1. The molecule has 3 aromatic rings. The number of hydrogen-bond acceptors (Lipinski definition) is 1. The molecular weight excluding hydrogens is 346 g/mol. The highest BCUT2D eigenvalue weighted by molar-refractivity contribution is 5.87. The quantitative estimate of drug-likeness (QED) is 0.626. The summed E-state index contributed by atoms with van der Waals surface area (Å²) in [5.74, 6) is -0.900. The van der Waals surface area contributed by atoms with Gasteiger partial charge in [0.25, 0.3) is 0 Å². The molecule has 0 saturated carbocycles. The van der Waals surface area contributed by atoms with Crippen molar-refractivity contribution in [3.8, 4) is 0 Å². The number of carboxylic acid groups (broad SMARTS) is 1. The minimum Gasteiger partial charge on any atom is -0.478 e. The average molecular weight is 372 g/mol. The predicted molar refractivity (Wildman–Crippen MR) is 113 cm³/mol. The Morgan fingerprint density at radius 2 is 1.54 bits per heavy atom. The van der Waals surface area contributed by atoms with Crippen LogP contribution in [-0.4, -0.2) is 11.1 Å². The Morgan fingerprint density at radius 1 is 0.929 bits per heavy atom. The van der Waals surface area contributed by atoms with Gasteiger partial charge in [0.05, 0.1) is 5.56 Å². The first-order valence-electron chi connectivity index (χ1n) is 9.41. The minimum atomic E-state index is -0.900. The molecule has 3 heteroatoms. The van der Waals surface area contributed by atoms with E-state index in [4.69, 9.17) is 5.11 Å². The molecule has 0 aliphatic heterocycles. The van der Waals surface area contributed by atoms with Crippen molar-refractivity contribution in [3.05, 3.63) is 101 Å². The molecule has 0 radical (unpaired) electrons. The van der Waals surface area contributed by atoms with E-state index in [2.05, 4.69) is 69.3 Å². The molecule has 0 aliphatic carbocycles. The third-order valence-corrected chi connectivity index (χ3v) is 4.70. The van der Waals surface area contributed by atoms with Crippen molar-refractivity contribution in [2.45, 2.75) is 32.7 Å². The largest absolute Gasteiger partial charge is 0.478 e. The first-order chi connectivity index (χ1) is 13.3. The van der Waals surface area contributed by atoms with Crippen molar-refractivity contribution in [2.24, 2.45) is 0 Å². The summed E-state index contributed by atoms with van der Waals surface area (Å²) in [6.07, 6.45) is 8.23. The Morgan fingerprint density at radius 3 is 2.11 bits per heavy atom. The number of pyridine rings is 1. The summed E-state index contributed by atoms with van der Waals surface area (Å²) in [6, 6.07) is 19.8. The highest BCUT2D eigenvalue weighted by Gasteiger charge is 2.12. The molecule has 1 aromatic heterocycles. The fraction of sp³-hybridized carbons (Fsp3) is 0.200. The Labute approximate surface area is 166 Å². The second-order valence-electron chi connectivity index (χ2n) is 8.01. The lowest BCUT2D eigenvalue weighted by Crippen LogP contribution is -2.33. The lowest BCUT2D eigenvalue weighted by Gasteiger charge is -2.18. The van der Waals surface area contributed by atoms with E-state index in [0.29, 0.717) is 12.1 Å². The van der Waals surface area contributed by atoms with Gasteiger partial charge >= 0.3 is 5.97 Å². The Balaban J connectivity index is 1.66. The summed E-state index contributed by atoms with van der Waals surface area (Å²) in [5, 5.41) is 9.11. The van der Waals surface area contributed by atoms with Gasteiger partial charge in [0, 0.05) is 17.7 Å². The molecule has 0 amide bonds. The van der Waals surface area contributed by atoms with Crippen LogP contribution in [0.25, 0.3) is 12.2 Å². The topological polar surface area (TPSA) is 41.2 Å². The number of hydrogen-bond donors (Lipinski definition) is 1. The molecule has 3 rings (SSSR count).